The highest BCUT2D eigenvalue weighted by atomic mass is 16.2. The third-order valence-corrected chi connectivity index (χ3v) is 3.26. The maximum Gasteiger partial charge on any atom is 0.226 e. The predicted octanol–water partition coefficient (Wildman–Crippen LogP) is 0.416. The molecule has 1 aromatic heterocycles. The minimum Gasteiger partial charge on any atom is -0.351 e. The summed E-state index contributed by atoms with van der Waals surface area (Å²) >= 11 is 0. The largest absolute Gasteiger partial charge is 0.351 e. The first-order chi connectivity index (χ1) is 7.71. The average Bonchev–Trinajstić information content (AvgIpc) is 2.79. The molecule has 2 rings (SSSR count). The minimum absolute atomic E-state index is 0.148. The van der Waals surface area contributed by atoms with Gasteiger partial charge >= 0.3 is 0 Å². The van der Waals surface area contributed by atoms with Gasteiger partial charge < -0.3 is 10.6 Å². The molecule has 0 radical (unpaired) electrons. The lowest BCUT2D eigenvalue weighted by Crippen LogP contribution is -2.45. The minimum atomic E-state index is -0.213. The maximum absolute atomic E-state index is 12.0. The van der Waals surface area contributed by atoms with Crippen molar-refractivity contribution >= 4 is 5.91 Å². The van der Waals surface area contributed by atoms with Crippen LogP contribution in [0.5, 0.6) is 0 Å². The van der Waals surface area contributed by atoms with Crippen LogP contribution in [0.1, 0.15) is 25.3 Å². The standard InChI is InChI=1S/C11H18N4O/c1-11(2-4-12-5-3-11)10(16)13-6-9-7-14-15-8-9/h7-8,12H,2-6H2,1H3,(H,13,16)(H,14,15). The lowest BCUT2D eigenvalue weighted by atomic mass is 9.80. The smallest absolute Gasteiger partial charge is 0.226 e. The van der Waals surface area contributed by atoms with Crippen molar-refractivity contribution in [2.45, 2.75) is 26.3 Å². The fourth-order valence-corrected chi connectivity index (χ4v) is 1.98. The van der Waals surface area contributed by atoms with Crippen LogP contribution in [0.4, 0.5) is 0 Å². The first kappa shape index (κ1) is 11.1. The van der Waals surface area contributed by atoms with Gasteiger partial charge in [0.05, 0.1) is 6.20 Å². The van der Waals surface area contributed by atoms with Crippen molar-refractivity contribution in [2.24, 2.45) is 5.41 Å². The van der Waals surface area contributed by atoms with E-state index in [2.05, 4.69) is 20.8 Å². The molecule has 1 aliphatic rings. The van der Waals surface area contributed by atoms with Gasteiger partial charge in [0.1, 0.15) is 0 Å². The molecule has 3 N–H and O–H groups in total. The second-order valence-corrected chi connectivity index (χ2v) is 4.60. The highest BCUT2D eigenvalue weighted by molar-refractivity contribution is 5.82. The summed E-state index contributed by atoms with van der Waals surface area (Å²) in [5.41, 5.74) is 0.792. The molecule has 1 aliphatic heterocycles. The molecule has 2 heterocycles. The number of rotatable bonds is 3. The van der Waals surface area contributed by atoms with E-state index in [1.807, 2.05) is 6.92 Å². The molecule has 0 aliphatic carbocycles. The number of aromatic amines is 1. The Balaban J connectivity index is 1.87. The molecule has 5 nitrogen and oxygen atoms in total. The van der Waals surface area contributed by atoms with Gasteiger partial charge in [-0.15, -0.1) is 0 Å². The quantitative estimate of drug-likeness (QED) is 0.694. The summed E-state index contributed by atoms with van der Waals surface area (Å²) in [7, 11) is 0. The van der Waals surface area contributed by atoms with E-state index in [4.69, 9.17) is 0 Å². The number of nitrogens with zero attached hydrogens (tertiary/aromatic N) is 1. The molecule has 1 saturated heterocycles. The molecule has 0 aromatic carbocycles. The molecule has 0 saturated carbocycles. The van der Waals surface area contributed by atoms with Crippen LogP contribution in [-0.2, 0) is 11.3 Å². The Kier molecular flexibility index (Phi) is 3.24. The van der Waals surface area contributed by atoms with E-state index >= 15 is 0 Å². The molecular formula is C11H18N4O. The van der Waals surface area contributed by atoms with Crippen LogP contribution in [-0.4, -0.2) is 29.2 Å². The highest BCUT2D eigenvalue weighted by Gasteiger charge is 2.34. The van der Waals surface area contributed by atoms with Gasteiger partial charge in [0.15, 0.2) is 0 Å². The van der Waals surface area contributed by atoms with Gasteiger partial charge in [-0.1, -0.05) is 6.92 Å². The van der Waals surface area contributed by atoms with Crippen molar-refractivity contribution < 1.29 is 4.79 Å². The fourth-order valence-electron chi connectivity index (χ4n) is 1.98. The maximum atomic E-state index is 12.0. The fraction of sp³-hybridized carbons (Fsp3) is 0.636. The van der Waals surface area contributed by atoms with E-state index < -0.39 is 0 Å². The Morgan fingerprint density at radius 2 is 2.31 bits per heavy atom. The summed E-state index contributed by atoms with van der Waals surface area (Å²) < 4.78 is 0. The van der Waals surface area contributed by atoms with E-state index in [9.17, 15) is 4.79 Å². The van der Waals surface area contributed by atoms with Crippen molar-refractivity contribution in [1.82, 2.24) is 20.8 Å². The number of piperidine rings is 1. The lowest BCUT2D eigenvalue weighted by molar-refractivity contribution is -0.131. The lowest BCUT2D eigenvalue weighted by Gasteiger charge is -2.32. The highest BCUT2D eigenvalue weighted by Crippen LogP contribution is 2.27. The van der Waals surface area contributed by atoms with Crippen LogP contribution in [0.25, 0.3) is 0 Å². The first-order valence-electron chi connectivity index (χ1n) is 5.67. The van der Waals surface area contributed by atoms with Crippen LogP contribution in [0.2, 0.25) is 0 Å². The van der Waals surface area contributed by atoms with Crippen molar-refractivity contribution in [3.05, 3.63) is 18.0 Å². The third-order valence-electron chi connectivity index (χ3n) is 3.26. The molecule has 0 bridgehead atoms. The molecule has 1 amide bonds. The summed E-state index contributed by atoms with van der Waals surface area (Å²) in [6.45, 7) is 4.45. The third kappa shape index (κ3) is 2.41. The van der Waals surface area contributed by atoms with Gasteiger partial charge in [-0.2, -0.15) is 5.10 Å². The zero-order chi connectivity index (χ0) is 11.4. The van der Waals surface area contributed by atoms with Gasteiger partial charge in [0.25, 0.3) is 0 Å². The van der Waals surface area contributed by atoms with E-state index in [1.54, 1.807) is 12.4 Å². The van der Waals surface area contributed by atoms with Crippen LogP contribution in [0.15, 0.2) is 12.4 Å². The Morgan fingerprint density at radius 1 is 1.56 bits per heavy atom. The number of carbonyl (C=O) groups excluding carboxylic acids is 1. The van der Waals surface area contributed by atoms with Crippen LogP contribution in [0, 0.1) is 5.41 Å². The molecular weight excluding hydrogens is 204 g/mol. The van der Waals surface area contributed by atoms with E-state index in [1.165, 1.54) is 0 Å². The van der Waals surface area contributed by atoms with Gasteiger partial charge in [-0.05, 0) is 25.9 Å². The zero-order valence-electron chi connectivity index (χ0n) is 9.55. The summed E-state index contributed by atoms with van der Waals surface area (Å²) in [6, 6.07) is 0. The molecule has 16 heavy (non-hydrogen) atoms. The van der Waals surface area contributed by atoms with Crippen LogP contribution >= 0.6 is 0 Å². The number of carbonyl (C=O) groups is 1. The predicted molar refractivity (Wildman–Crippen MR) is 60.6 cm³/mol. The summed E-state index contributed by atoms with van der Waals surface area (Å²) in [5.74, 6) is 0.148. The molecule has 0 unspecified atom stereocenters. The number of hydrogen-bond acceptors (Lipinski definition) is 3. The van der Waals surface area contributed by atoms with Crippen molar-refractivity contribution in [3.8, 4) is 0 Å². The number of H-pyrrole nitrogens is 1. The summed E-state index contributed by atoms with van der Waals surface area (Å²) in [5, 5.41) is 12.8. The van der Waals surface area contributed by atoms with E-state index in [-0.39, 0.29) is 11.3 Å². The Bertz CT molecular complexity index is 341. The second-order valence-electron chi connectivity index (χ2n) is 4.60. The monoisotopic (exact) mass is 222 g/mol. The van der Waals surface area contributed by atoms with Crippen LogP contribution < -0.4 is 10.6 Å². The molecule has 0 atom stereocenters. The number of amides is 1. The Morgan fingerprint density at radius 3 is 2.94 bits per heavy atom. The van der Waals surface area contributed by atoms with Gasteiger partial charge in [-0.3, -0.25) is 9.89 Å². The molecule has 1 aromatic rings. The zero-order valence-corrected chi connectivity index (χ0v) is 9.55. The number of nitrogens with one attached hydrogen (secondary N) is 3. The van der Waals surface area contributed by atoms with Gasteiger partial charge in [0.2, 0.25) is 5.91 Å². The second kappa shape index (κ2) is 4.65. The summed E-state index contributed by atoms with van der Waals surface area (Å²) in [4.78, 5) is 12.0. The molecule has 0 spiro atoms. The topological polar surface area (TPSA) is 69.8 Å². The first-order valence-corrected chi connectivity index (χ1v) is 5.67. The Hall–Kier alpha value is -1.36. The Labute approximate surface area is 95.0 Å². The van der Waals surface area contributed by atoms with Crippen molar-refractivity contribution in [1.29, 1.82) is 0 Å². The van der Waals surface area contributed by atoms with E-state index in [0.717, 1.165) is 31.5 Å². The van der Waals surface area contributed by atoms with Crippen LogP contribution in [0.3, 0.4) is 0 Å². The van der Waals surface area contributed by atoms with Crippen molar-refractivity contribution in [3.63, 3.8) is 0 Å². The van der Waals surface area contributed by atoms with E-state index in [0.29, 0.717) is 6.54 Å². The number of aromatic nitrogens is 2. The molecule has 5 heteroatoms. The SMILES string of the molecule is CC1(C(=O)NCc2cn[nH]c2)CCNCC1. The van der Waals surface area contributed by atoms with Crippen molar-refractivity contribution in [2.75, 3.05) is 13.1 Å². The number of hydrogen-bond donors (Lipinski definition) is 3. The average molecular weight is 222 g/mol. The van der Waals surface area contributed by atoms with Gasteiger partial charge in [-0.25, -0.2) is 0 Å². The molecule has 88 valence electrons. The van der Waals surface area contributed by atoms with Gasteiger partial charge in [0, 0.05) is 23.7 Å². The normalized spacial score (nSPS) is 19.3. The molecule has 1 fully saturated rings. The summed E-state index contributed by atoms with van der Waals surface area (Å²) in [6.07, 6.45) is 5.34.